The first-order valence-corrected chi connectivity index (χ1v) is 7.15. The van der Waals surface area contributed by atoms with E-state index >= 15 is 0 Å². The highest BCUT2D eigenvalue weighted by atomic mass is 127. The van der Waals surface area contributed by atoms with Gasteiger partial charge in [0, 0.05) is 3.57 Å². The van der Waals surface area contributed by atoms with Crippen LogP contribution in [0.15, 0.2) is 36.4 Å². The molecular formula is C16H18IN. The molecule has 2 aromatic carbocycles. The molecule has 2 rings (SSSR count). The lowest BCUT2D eigenvalue weighted by atomic mass is 9.91. The van der Waals surface area contributed by atoms with E-state index in [0.717, 1.165) is 0 Å². The number of nitrogens with two attached hydrogens (primary N) is 1. The average molecular weight is 351 g/mol. The van der Waals surface area contributed by atoms with Crippen LogP contribution < -0.4 is 5.73 Å². The smallest absolute Gasteiger partial charge is 0.0557 e. The maximum absolute atomic E-state index is 6.43. The van der Waals surface area contributed by atoms with Gasteiger partial charge >= 0.3 is 0 Å². The predicted octanol–water partition coefficient (Wildman–Crippen LogP) is 4.26. The summed E-state index contributed by atoms with van der Waals surface area (Å²) < 4.78 is 1.22. The number of aryl methyl sites for hydroxylation is 3. The normalized spacial score (nSPS) is 12.5. The van der Waals surface area contributed by atoms with Crippen LogP contribution in [0.5, 0.6) is 0 Å². The molecule has 0 bridgehead atoms. The molecule has 0 aliphatic heterocycles. The minimum Gasteiger partial charge on any atom is -0.320 e. The molecule has 0 heterocycles. The van der Waals surface area contributed by atoms with E-state index in [1.165, 1.54) is 31.4 Å². The Morgan fingerprint density at radius 1 is 1.00 bits per heavy atom. The van der Waals surface area contributed by atoms with E-state index in [2.05, 4.69) is 79.8 Å². The molecule has 2 aromatic rings. The van der Waals surface area contributed by atoms with Crippen molar-refractivity contribution >= 4 is 22.6 Å². The molecule has 0 aliphatic rings. The van der Waals surface area contributed by atoms with Gasteiger partial charge in [0.25, 0.3) is 0 Å². The maximum atomic E-state index is 6.43. The summed E-state index contributed by atoms with van der Waals surface area (Å²) in [6, 6.07) is 12.8. The summed E-state index contributed by atoms with van der Waals surface area (Å²) in [5, 5.41) is 0. The maximum Gasteiger partial charge on any atom is 0.0557 e. The Bertz CT molecular complexity index is 552. The van der Waals surface area contributed by atoms with E-state index < -0.39 is 0 Å². The third kappa shape index (κ3) is 2.75. The Labute approximate surface area is 123 Å². The van der Waals surface area contributed by atoms with Crippen molar-refractivity contribution in [1.29, 1.82) is 0 Å². The molecule has 0 fully saturated rings. The van der Waals surface area contributed by atoms with Crippen molar-refractivity contribution in [3.8, 4) is 0 Å². The number of rotatable bonds is 2. The van der Waals surface area contributed by atoms with Crippen LogP contribution in [0.4, 0.5) is 0 Å². The van der Waals surface area contributed by atoms with Crippen LogP contribution in [0.25, 0.3) is 0 Å². The monoisotopic (exact) mass is 351 g/mol. The van der Waals surface area contributed by atoms with Crippen molar-refractivity contribution in [2.24, 2.45) is 5.73 Å². The second-order valence-corrected chi connectivity index (χ2v) is 6.09. The van der Waals surface area contributed by atoms with Gasteiger partial charge in [0.2, 0.25) is 0 Å². The van der Waals surface area contributed by atoms with E-state index in [-0.39, 0.29) is 6.04 Å². The molecule has 0 aromatic heterocycles. The molecule has 0 saturated heterocycles. The molecule has 0 aliphatic carbocycles. The highest BCUT2D eigenvalue weighted by Crippen LogP contribution is 2.27. The number of halogens is 1. The van der Waals surface area contributed by atoms with Crippen molar-refractivity contribution in [1.82, 2.24) is 0 Å². The molecule has 1 nitrogen and oxygen atoms in total. The molecule has 94 valence electrons. The van der Waals surface area contributed by atoms with Crippen LogP contribution >= 0.6 is 22.6 Å². The quantitative estimate of drug-likeness (QED) is 0.804. The largest absolute Gasteiger partial charge is 0.320 e. The third-order valence-electron chi connectivity index (χ3n) is 3.26. The van der Waals surface area contributed by atoms with Crippen molar-refractivity contribution in [3.05, 3.63) is 67.8 Å². The standard InChI is InChI=1S/C16H18IN/c1-10-7-11(2)15(12(3)8-10)16(18)13-5-4-6-14(17)9-13/h4-9,16H,18H2,1-3H3. The van der Waals surface area contributed by atoms with Gasteiger partial charge in [-0.25, -0.2) is 0 Å². The van der Waals surface area contributed by atoms with Crippen LogP contribution in [0.1, 0.15) is 33.9 Å². The lowest BCUT2D eigenvalue weighted by molar-refractivity contribution is 0.849. The molecule has 2 heteroatoms. The van der Waals surface area contributed by atoms with Crippen molar-refractivity contribution in [2.75, 3.05) is 0 Å². The minimum absolute atomic E-state index is 0.0414. The Morgan fingerprint density at radius 2 is 1.61 bits per heavy atom. The van der Waals surface area contributed by atoms with Gasteiger partial charge in [-0.05, 0) is 77.7 Å². The zero-order valence-corrected chi connectivity index (χ0v) is 13.2. The summed E-state index contributed by atoms with van der Waals surface area (Å²) in [5.74, 6) is 0. The topological polar surface area (TPSA) is 26.0 Å². The molecular weight excluding hydrogens is 333 g/mol. The van der Waals surface area contributed by atoms with Crippen molar-refractivity contribution < 1.29 is 0 Å². The summed E-state index contributed by atoms with van der Waals surface area (Å²) in [5.41, 5.74) is 12.7. The fraction of sp³-hybridized carbons (Fsp3) is 0.250. The van der Waals surface area contributed by atoms with Gasteiger partial charge < -0.3 is 5.73 Å². The summed E-state index contributed by atoms with van der Waals surface area (Å²) in [4.78, 5) is 0. The van der Waals surface area contributed by atoms with Gasteiger partial charge in [-0.1, -0.05) is 29.8 Å². The zero-order valence-electron chi connectivity index (χ0n) is 11.0. The lowest BCUT2D eigenvalue weighted by Gasteiger charge is -2.19. The van der Waals surface area contributed by atoms with E-state index in [0.29, 0.717) is 0 Å². The molecule has 0 spiro atoms. The predicted molar refractivity (Wildman–Crippen MR) is 85.8 cm³/mol. The van der Waals surface area contributed by atoms with Gasteiger partial charge in [-0.3, -0.25) is 0 Å². The first kappa shape index (κ1) is 13.6. The van der Waals surface area contributed by atoms with Crippen LogP contribution in [-0.2, 0) is 0 Å². The first-order chi connectivity index (χ1) is 8.49. The number of hydrogen-bond donors (Lipinski definition) is 1. The van der Waals surface area contributed by atoms with Crippen molar-refractivity contribution in [2.45, 2.75) is 26.8 Å². The highest BCUT2D eigenvalue weighted by Gasteiger charge is 2.14. The molecule has 0 radical (unpaired) electrons. The average Bonchev–Trinajstić information content (AvgIpc) is 2.27. The van der Waals surface area contributed by atoms with Gasteiger partial charge in [-0.15, -0.1) is 0 Å². The molecule has 18 heavy (non-hydrogen) atoms. The van der Waals surface area contributed by atoms with Crippen LogP contribution in [0.3, 0.4) is 0 Å². The van der Waals surface area contributed by atoms with E-state index in [9.17, 15) is 0 Å². The molecule has 0 amide bonds. The Kier molecular flexibility index (Phi) is 4.07. The van der Waals surface area contributed by atoms with Crippen molar-refractivity contribution in [3.63, 3.8) is 0 Å². The van der Waals surface area contributed by atoms with Gasteiger partial charge in [0.1, 0.15) is 0 Å². The Balaban J connectivity index is 2.49. The van der Waals surface area contributed by atoms with E-state index in [1.807, 2.05) is 0 Å². The molecule has 1 atom stereocenters. The van der Waals surface area contributed by atoms with Crippen LogP contribution in [0.2, 0.25) is 0 Å². The summed E-state index contributed by atoms with van der Waals surface area (Å²) in [6.07, 6.45) is 0. The lowest BCUT2D eigenvalue weighted by Crippen LogP contribution is -2.15. The number of hydrogen-bond acceptors (Lipinski definition) is 1. The van der Waals surface area contributed by atoms with E-state index in [4.69, 9.17) is 5.73 Å². The SMILES string of the molecule is Cc1cc(C)c(C(N)c2cccc(I)c2)c(C)c1. The summed E-state index contributed by atoms with van der Waals surface area (Å²) in [7, 11) is 0. The fourth-order valence-corrected chi connectivity index (χ4v) is 3.12. The zero-order chi connectivity index (χ0) is 13.3. The van der Waals surface area contributed by atoms with Gasteiger partial charge in [-0.2, -0.15) is 0 Å². The minimum atomic E-state index is -0.0414. The second-order valence-electron chi connectivity index (χ2n) is 4.85. The van der Waals surface area contributed by atoms with E-state index in [1.54, 1.807) is 0 Å². The highest BCUT2D eigenvalue weighted by molar-refractivity contribution is 14.1. The molecule has 0 saturated carbocycles. The Morgan fingerprint density at radius 3 is 2.17 bits per heavy atom. The molecule has 1 unspecified atom stereocenters. The van der Waals surface area contributed by atoms with Gasteiger partial charge in [0.05, 0.1) is 6.04 Å². The van der Waals surface area contributed by atoms with Gasteiger partial charge in [0.15, 0.2) is 0 Å². The fourth-order valence-electron chi connectivity index (χ4n) is 2.55. The second kappa shape index (κ2) is 5.41. The molecule has 2 N–H and O–H groups in total. The third-order valence-corrected chi connectivity index (χ3v) is 3.93. The first-order valence-electron chi connectivity index (χ1n) is 6.08. The summed E-state index contributed by atoms with van der Waals surface area (Å²) in [6.45, 7) is 6.41. The van der Waals surface area contributed by atoms with Crippen LogP contribution in [-0.4, -0.2) is 0 Å². The van der Waals surface area contributed by atoms with Crippen LogP contribution in [0, 0.1) is 24.3 Å². The Hall–Kier alpha value is -0.870. The summed E-state index contributed by atoms with van der Waals surface area (Å²) >= 11 is 2.33. The number of benzene rings is 2.